The van der Waals surface area contributed by atoms with Gasteiger partial charge in [-0.15, -0.1) is 0 Å². The second-order valence-corrected chi connectivity index (χ2v) is 17.2. The van der Waals surface area contributed by atoms with Crippen LogP contribution in [0.2, 0.25) is 0 Å². The second kappa shape index (κ2) is 14.8. The van der Waals surface area contributed by atoms with E-state index in [1.165, 1.54) is 71.6 Å². The molecule has 0 bridgehead atoms. The van der Waals surface area contributed by atoms with Crippen molar-refractivity contribution in [1.29, 1.82) is 0 Å². The molecule has 304 valence electrons. The summed E-state index contributed by atoms with van der Waals surface area (Å²) < 4.78 is 6.55. The minimum absolute atomic E-state index is 0.519. The summed E-state index contributed by atoms with van der Waals surface area (Å²) in [6, 6.07) is 90.9. The number of rotatable bonds is 7. The van der Waals surface area contributed by atoms with E-state index in [2.05, 4.69) is 248 Å². The topological polar surface area (TPSA) is 16.4 Å². The normalized spacial score (nSPS) is 12.7. The zero-order chi connectivity index (χ0) is 42.9. The van der Waals surface area contributed by atoms with Gasteiger partial charge in [-0.1, -0.05) is 188 Å². The Bertz CT molecular complexity index is 3730. The Hall–Kier alpha value is -8.46. The summed E-state index contributed by atoms with van der Waals surface area (Å²) in [5, 5.41) is 7.19. The van der Waals surface area contributed by atoms with E-state index in [1.807, 2.05) is 6.07 Å². The molecular weight excluding hydrogens is 787 g/mol. The molecule has 0 aliphatic heterocycles. The fraction of sp³-hybridized carbons (Fsp3) is 0.0159. The summed E-state index contributed by atoms with van der Waals surface area (Å²) in [5.41, 5.74) is 16.7. The van der Waals surface area contributed by atoms with Crippen LogP contribution in [0.3, 0.4) is 0 Å². The molecule has 1 aromatic heterocycles. The molecule has 11 aromatic carbocycles. The van der Waals surface area contributed by atoms with E-state index in [4.69, 9.17) is 4.42 Å². The molecule has 0 saturated carbocycles. The van der Waals surface area contributed by atoms with E-state index in [0.717, 1.165) is 44.6 Å². The Balaban J connectivity index is 0.960. The van der Waals surface area contributed by atoms with Crippen LogP contribution in [0, 0.1) is 0 Å². The minimum atomic E-state index is -0.519. The van der Waals surface area contributed by atoms with Gasteiger partial charge >= 0.3 is 0 Å². The van der Waals surface area contributed by atoms with Gasteiger partial charge in [-0.2, -0.15) is 0 Å². The maximum absolute atomic E-state index is 6.55. The maximum atomic E-state index is 6.55. The zero-order valence-corrected chi connectivity index (χ0v) is 35.5. The number of benzene rings is 11. The Morgan fingerprint density at radius 1 is 0.323 bits per heavy atom. The molecule has 1 aliphatic carbocycles. The molecule has 2 heteroatoms. The van der Waals surface area contributed by atoms with Crippen LogP contribution < -0.4 is 4.90 Å². The lowest BCUT2D eigenvalue weighted by Crippen LogP contribution is -2.28. The molecule has 2 nitrogen and oxygen atoms in total. The third-order valence-corrected chi connectivity index (χ3v) is 13.7. The van der Waals surface area contributed by atoms with Crippen molar-refractivity contribution < 1.29 is 4.42 Å². The van der Waals surface area contributed by atoms with Crippen molar-refractivity contribution in [2.75, 3.05) is 4.90 Å². The van der Waals surface area contributed by atoms with Crippen molar-refractivity contribution in [2.24, 2.45) is 0 Å². The highest BCUT2D eigenvalue weighted by molar-refractivity contribution is 6.07. The van der Waals surface area contributed by atoms with Crippen molar-refractivity contribution in [3.8, 4) is 33.4 Å². The highest BCUT2D eigenvalue weighted by Crippen LogP contribution is 2.59. The standard InChI is InChI=1S/C63H41NO/c1-3-16-50(17-4-1)63(51-18-5-2-6-19-51)57-22-11-9-21-56(57)62-58(63)23-13-24-59(62)64(53-36-37-55-54-20-10-12-25-60(54)65-61(55)41-53)52-34-32-43(33-35-52)45-28-29-48-40-49(31-30-47(48)39-45)46-27-26-42-14-7-8-15-44(42)38-46/h1-41H. The molecule has 0 radical (unpaired) electrons. The van der Waals surface area contributed by atoms with Gasteiger partial charge in [0.25, 0.3) is 0 Å². The van der Waals surface area contributed by atoms with Crippen molar-refractivity contribution in [1.82, 2.24) is 0 Å². The van der Waals surface area contributed by atoms with E-state index >= 15 is 0 Å². The Morgan fingerprint density at radius 3 is 1.57 bits per heavy atom. The van der Waals surface area contributed by atoms with Gasteiger partial charge in [-0.25, -0.2) is 0 Å². The number of nitrogens with zero attached hydrogens (tertiary/aromatic N) is 1. The zero-order valence-electron chi connectivity index (χ0n) is 35.5. The molecule has 0 saturated heterocycles. The molecular formula is C63H41NO. The highest BCUT2D eigenvalue weighted by Gasteiger charge is 2.47. The first-order valence-electron chi connectivity index (χ1n) is 22.4. The largest absolute Gasteiger partial charge is 0.456 e. The lowest BCUT2D eigenvalue weighted by molar-refractivity contribution is 0.669. The third-order valence-electron chi connectivity index (χ3n) is 13.7. The van der Waals surface area contributed by atoms with E-state index in [0.29, 0.717) is 0 Å². The summed E-state index contributed by atoms with van der Waals surface area (Å²) >= 11 is 0. The van der Waals surface area contributed by atoms with Gasteiger partial charge in [0.1, 0.15) is 11.2 Å². The maximum Gasteiger partial charge on any atom is 0.137 e. The molecule has 0 unspecified atom stereocenters. The highest BCUT2D eigenvalue weighted by atomic mass is 16.3. The lowest BCUT2D eigenvalue weighted by atomic mass is 9.68. The number of furan rings is 1. The van der Waals surface area contributed by atoms with Crippen LogP contribution in [0.1, 0.15) is 22.3 Å². The predicted molar refractivity (Wildman–Crippen MR) is 272 cm³/mol. The molecule has 0 amide bonds. The number of fused-ring (bicyclic) bond motifs is 8. The first kappa shape index (κ1) is 37.1. The Kier molecular flexibility index (Phi) is 8.47. The van der Waals surface area contributed by atoms with Crippen LogP contribution in [0.5, 0.6) is 0 Å². The summed E-state index contributed by atoms with van der Waals surface area (Å²) in [6.45, 7) is 0. The van der Waals surface area contributed by atoms with Crippen LogP contribution in [0.25, 0.3) is 76.9 Å². The molecule has 0 N–H and O–H groups in total. The van der Waals surface area contributed by atoms with Crippen LogP contribution in [0.4, 0.5) is 17.1 Å². The van der Waals surface area contributed by atoms with Crippen LogP contribution in [-0.2, 0) is 5.41 Å². The first-order valence-corrected chi connectivity index (χ1v) is 22.4. The number of hydrogen-bond donors (Lipinski definition) is 0. The average molecular weight is 828 g/mol. The monoisotopic (exact) mass is 827 g/mol. The minimum Gasteiger partial charge on any atom is -0.456 e. The molecule has 12 aromatic rings. The van der Waals surface area contributed by atoms with Gasteiger partial charge in [-0.3, -0.25) is 0 Å². The van der Waals surface area contributed by atoms with Crippen LogP contribution in [0.15, 0.2) is 253 Å². The molecule has 0 atom stereocenters. The average Bonchev–Trinajstić information content (AvgIpc) is 3.91. The molecule has 65 heavy (non-hydrogen) atoms. The summed E-state index contributed by atoms with van der Waals surface area (Å²) in [6.07, 6.45) is 0. The van der Waals surface area contributed by atoms with Gasteiger partial charge in [-0.05, 0) is 126 Å². The van der Waals surface area contributed by atoms with Crippen LogP contribution >= 0.6 is 0 Å². The van der Waals surface area contributed by atoms with E-state index in [1.54, 1.807) is 0 Å². The number of hydrogen-bond acceptors (Lipinski definition) is 2. The van der Waals surface area contributed by atoms with E-state index in [-0.39, 0.29) is 0 Å². The number of anilines is 3. The van der Waals surface area contributed by atoms with Crippen molar-refractivity contribution in [3.05, 3.63) is 271 Å². The summed E-state index contributed by atoms with van der Waals surface area (Å²) in [5.74, 6) is 0. The smallest absolute Gasteiger partial charge is 0.137 e. The number of para-hydroxylation sites is 1. The molecule has 0 spiro atoms. The molecule has 1 aliphatic rings. The third kappa shape index (κ3) is 5.88. The van der Waals surface area contributed by atoms with Crippen molar-refractivity contribution in [3.63, 3.8) is 0 Å². The van der Waals surface area contributed by atoms with Crippen LogP contribution in [-0.4, -0.2) is 0 Å². The summed E-state index contributed by atoms with van der Waals surface area (Å²) in [7, 11) is 0. The molecule has 13 rings (SSSR count). The van der Waals surface area contributed by atoms with Gasteiger partial charge in [0.15, 0.2) is 0 Å². The molecule has 0 fully saturated rings. The van der Waals surface area contributed by atoms with Gasteiger partial charge in [0, 0.05) is 33.8 Å². The molecule has 1 heterocycles. The van der Waals surface area contributed by atoms with Crippen molar-refractivity contribution >= 4 is 60.5 Å². The van der Waals surface area contributed by atoms with E-state index < -0.39 is 5.41 Å². The Labute approximate surface area is 377 Å². The second-order valence-electron chi connectivity index (χ2n) is 17.2. The van der Waals surface area contributed by atoms with Gasteiger partial charge in [0.05, 0.1) is 11.1 Å². The quantitative estimate of drug-likeness (QED) is 0.159. The predicted octanol–water partition coefficient (Wildman–Crippen LogP) is 17.1. The van der Waals surface area contributed by atoms with Gasteiger partial charge in [0.2, 0.25) is 0 Å². The summed E-state index contributed by atoms with van der Waals surface area (Å²) in [4.78, 5) is 2.42. The van der Waals surface area contributed by atoms with E-state index in [9.17, 15) is 0 Å². The lowest BCUT2D eigenvalue weighted by Gasteiger charge is -2.34. The fourth-order valence-electron chi connectivity index (χ4n) is 10.7. The SMILES string of the molecule is c1ccc(C2(c3ccccc3)c3ccccc3-c3c(N(c4ccc(-c5ccc6cc(-c7ccc8ccccc8c7)ccc6c5)cc4)c4ccc5c(c4)oc4ccccc45)cccc32)cc1. The van der Waals surface area contributed by atoms with Gasteiger partial charge < -0.3 is 9.32 Å². The first-order chi connectivity index (χ1) is 32.2. The Morgan fingerprint density at radius 2 is 0.846 bits per heavy atom. The fourth-order valence-corrected chi connectivity index (χ4v) is 10.7. The van der Waals surface area contributed by atoms with Crippen molar-refractivity contribution in [2.45, 2.75) is 5.41 Å².